The van der Waals surface area contributed by atoms with E-state index >= 15 is 0 Å². The lowest BCUT2D eigenvalue weighted by atomic mass is 9.83. The highest BCUT2D eigenvalue weighted by Gasteiger charge is 2.73. The van der Waals surface area contributed by atoms with Gasteiger partial charge in [-0.3, -0.25) is 19.2 Å². The smallest absolute Gasteiger partial charge is 0.315 e. The van der Waals surface area contributed by atoms with Crippen molar-refractivity contribution >= 4 is 41.3 Å². The molecular formula is C33H51N6O6S+. The van der Waals surface area contributed by atoms with Crippen molar-refractivity contribution in [3.63, 3.8) is 0 Å². The Morgan fingerprint density at radius 1 is 1.11 bits per heavy atom. The summed E-state index contributed by atoms with van der Waals surface area (Å²) < 4.78 is 6.06. The number of urea groups is 1. The lowest BCUT2D eigenvalue weighted by Gasteiger charge is -2.40. The molecule has 5 amide bonds. The van der Waals surface area contributed by atoms with Gasteiger partial charge in [-0.1, -0.05) is 52.9 Å². The normalized spacial score (nSPS) is 25.9. The summed E-state index contributed by atoms with van der Waals surface area (Å²) in [5.41, 5.74) is 4.27. The van der Waals surface area contributed by atoms with Crippen LogP contribution in [-0.4, -0.2) is 101 Å². The van der Waals surface area contributed by atoms with Crippen LogP contribution in [0.4, 0.5) is 4.79 Å². The summed E-state index contributed by atoms with van der Waals surface area (Å²) in [5, 5.41) is 9.07. The molecule has 2 saturated carbocycles. The number of amides is 5. The summed E-state index contributed by atoms with van der Waals surface area (Å²) in [5.74, 6) is -0.0991. The zero-order valence-corrected chi connectivity index (χ0v) is 28.6. The van der Waals surface area contributed by atoms with Crippen molar-refractivity contribution in [2.24, 2.45) is 17.1 Å². The first-order valence-corrected chi connectivity index (χ1v) is 17.7. The summed E-state index contributed by atoms with van der Waals surface area (Å²) in [4.78, 5) is 67.9. The average Bonchev–Trinajstić information content (AvgIpc) is 3.69. The van der Waals surface area contributed by atoms with Gasteiger partial charge in [0.1, 0.15) is 11.8 Å². The van der Waals surface area contributed by atoms with Crippen LogP contribution in [0, 0.1) is 11.3 Å². The van der Waals surface area contributed by atoms with Crippen LogP contribution in [0.5, 0.6) is 0 Å². The molecule has 4 aliphatic rings. The lowest BCUT2D eigenvalue weighted by molar-refractivity contribution is -0.788. The number of nitrogens with one attached hydrogen (secondary N) is 3. The molecule has 0 radical (unpaired) electrons. The third kappa shape index (κ3) is 7.56. The number of hydrogen-bond donors (Lipinski definition) is 4. The zero-order chi connectivity index (χ0) is 33.4. The number of piperazine rings is 1. The minimum atomic E-state index is -1.08. The lowest BCUT2D eigenvalue weighted by Crippen LogP contribution is -2.64. The van der Waals surface area contributed by atoms with Crippen molar-refractivity contribution in [1.82, 2.24) is 20.9 Å². The average molecular weight is 660 g/mol. The number of primary amides is 1. The van der Waals surface area contributed by atoms with Crippen LogP contribution in [0.2, 0.25) is 0 Å². The van der Waals surface area contributed by atoms with Crippen LogP contribution in [0.25, 0.3) is 0 Å². The Kier molecular flexibility index (Phi) is 9.85. The molecule has 5 atom stereocenters. The molecule has 2 aliphatic heterocycles. The van der Waals surface area contributed by atoms with Crippen LogP contribution in [0.3, 0.4) is 0 Å². The molecule has 5 unspecified atom stereocenters. The Hall–Kier alpha value is -3.06. The number of carbonyl (C=O) groups is 5. The van der Waals surface area contributed by atoms with E-state index in [0.717, 1.165) is 56.5 Å². The number of nitrogens with zero attached hydrogens (tertiary/aromatic N) is 2. The molecule has 254 valence electrons. The van der Waals surface area contributed by atoms with Gasteiger partial charge in [-0.05, 0) is 42.7 Å². The van der Waals surface area contributed by atoms with Crippen LogP contribution >= 0.6 is 11.8 Å². The van der Waals surface area contributed by atoms with E-state index in [0.29, 0.717) is 23.2 Å². The van der Waals surface area contributed by atoms with E-state index in [4.69, 9.17) is 10.2 Å². The van der Waals surface area contributed by atoms with Crippen LogP contribution in [0.15, 0.2) is 22.8 Å². The Morgan fingerprint density at radius 3 is 2.39 bits per heavy atom. The van der Waals surface area contributed by atoms with E-state index in [1.54, 1.807) is 22.9 Å². The topological polar surface area (TPSA) is 164 Å². The predicted molar refractivity (Wildman–Crippen MR) is 174 cm³/mol. The van der Waals surface area contributed by atoms with Gasteiger partial charge >= 0.3 is 6.03 Å². The number of likely N-dealkylation sites (tertiary alicyclic amines) is 1. The third-order valence-corrected chi connectivity index (χ3v) is 11.7. The largest absolute Gasteiger partial charge is 0.468 e. The van der Waals surface area contributed by atoms with Crippen molar-refractivity contribution in [3.8, 4) is 0 Å². The standard InChI is InChI=1S/C33H50N6O6S/c1-32(2,3)27(36-31(44)37-33(13-7-6-8-14-33)19-46-18-21-10-9-15-45-21)30(43)38-17-23-25(39(23,4)5)24(38)29(42)35-22(16-20-11-12-20)26(40)28(34)41/h9-10,15,20,22-25,27H,6-8,11-14,16-19H2,1-5H3,(H4-,34,35,36,37,41,42,44)/p+1. The molecule has 5 N–H and O–H groups in total. The number of hydrogen-bond acceptors (Lipinski definition) is 7. The SMILES string of the molecule is CC(C)(C)C(NC(=O)NC1(CSCc2ccco2)CCCCC1)C(=O)N1CC2C(C1C(=O)NC(CC1CC1)C(=O)C(N)=O)[N+]2(C)C. The summed E-state index contributed by atoms with van der Waals surface area (Å²) in [6.07, 6.45) is 8.76. The van der Waals surface area contributed by atoms with E-state index < -0.39 is 52.7 Å². The molecule has 13 heteroatoms. The maximum absolute atomic E-state index is 14.4. The zero-order valence-electron chi connectivity index (χ0n) is 27.8. The molecule has 1 aromatic rings. The molecule has 46 heavy (non-hydrogen) atoms. The van der Waals surface area contributed by atoms with Crippen molar-refractivity contribution < 1.29 is 32.9 Å². The maximum atomic E-state index is 14.4. The number of rotatable bonds is 13. The summed E-state index contributed by atoms with van der Waals surface area (Å²) in [6.45, 7) is 6.05. The molecule has 0 bridgehead atoms. The van der Waals surface area contributed by atoms with Gasteiger partial charge in [-0.25, -0.2) is 4.79 Å². The molecule has 0 spiro atoms. The van der Waals surface area contributed by atoms with Gasteiger partial charge in [-0.2, -0.15) is 11.8 Å². The Labute approximate surface area is 275 Å². The number of Topliss-reactive ketones (excluding diaryl/α,β-unsaturated/α-hetero) is 1. The van der Waals surface area contributed by atoms with Crippen LogP contribution in [0.1, 0.15) is 77.9 Å². The minimum absolute atomic E-state index is 0.0552. The van der Waals surface area contributed by atoms with Gasteiger partial charge in [0.05, 0.1) is 44.2 Å². The quantitative estimate of drug-likeness (QED) is 0.143. The molecule has 12 nitrogen and oxygen atoms in total. The van der Waals surface area contributed by atoms with Crippen molar-refractivity contribution in [2.75, 3.05) is 26.4 Å². The highest BCUT2D eigenvalue weighted by Crippen LogP contribution is 2.46. The van der Waals surface area contributed by atoms with E-state index in [1.165, 1.54) is 0 Å². The predicted octanol–water partition coefficient (Wildman–Crippen LogP) is 2.31. The van der Waals surface area contributed by atoms with Crippen LogP contribution < -0.4 is 21.7 Å². The molecule has 1 aromatic heterocycles. The van der Waals surface area contributed by atoms with Gasteiger partial charge in [0.25, 0.3) is 5.91 Å². The summed E-state index contributed by atoms with van der Waals surface area (Å²) >= 11 is 1.72. The molecule has 4 fully saturated rings. The number of nitrogens with two attached hydrogens (primary N) is 1. The summed E-state index contributed by atoms with van der Waals surface area (Å²) in [7, 11) is 4.04. The highest BCUT2D eigenvalue weighted by atomic mass is 32.2. The van der Waals surface area contributed by atoms with E-state index in [-0.39, 0.29) is 23.9 Å². The first-order chi connectivity index (χ1) is 21.6. The maximum Gasteiger partial charge on any atom is 0.315 e. The fourth-order valence-electron chi connectivity index (χ4n) is 7.45. The fraction of sp³-hybridized carbons (Fsp3) is 0.727. The van der Waals surface area contributed by atoms with Gasteiger partial charge in [0, 0.05) is 5.75 Å². The first kappa shape index (κ1) is 34.3. The van der Waals surface area contributed by atoms with Gasteiger partial charge in [-0.15, -0.1) is 0 Å². The Bertz CT molecular complexity index is 1320. The molecule has 2 aliphatic carbocycles. The highest BCUT2D eigenvalue weighted by molar-refractivity contribution is 7.98. The van der Waals surface area contributed by atoms with Gasteiger partial charge in [0.15, 0.2) is 18.1 Å². The minimum Gasteiger partial charge on any atom is -0.468 e. The Morgan fingerprint density at radius 2 is 1.80 bits per heavy atom. The number of quaternary nitrogens is 1. The Balaban J connectivity index is 1.29. The van der Waals surface area contributed by atoms with Gasteiger partial charge in [0.2, 0.25) is 17.6 Å². The molecular weight excluding hydrogens is 608 g/mol. The van der Waals surface area contributed by atoms with Crippen molar-refractivity contribution in [3.05, 3.63) is 24.2 Å². The second-order valence-corrected chi connectivity index (χ2v) is 16.4. The number of likely N-dealkylation sites (N-methyl/N-ethyl adjacent to an activating group) is 1. The van der Waals surface area contributed by atoms with Crippen LogP contribution in [-0.2, 0) is 24.9 Å². The van der Waals surface area contributed by atoms with Gasteiger partial charge < -0.3 is 35.5 Å². The number of ketones is 1. The second-order valence-electron chi connectivity index (χ2n) is 15.4. The number of furan rings is 1. The first-order valence-electron chi connectivity index (χ1n) is 16.6. The van der Waals surface area contributed by atoms with E-state index in [1.807, 2.05) is 47.0 Å². The molecule has 0 aromatic carbocycles. The monoisotopic (exact) mass is 659 g/mol. The van der Waals surface area contributed by atoms with E-state index in [9.17, 15) is 24.0 Å². The number of carbonyl (C=O) groups excluding carboxylic acids is 5. The summed E-state index contributed by atoms with van der Waals surface area (Å²) in [6, 6.07) is 0.564. The molecule has 2 saturated heterocycles. The van der Waals surface area contributed by atoms with E-state index in [2.05, 4.69) is 16.0 Å². The second kappa shape index (κ2) is 13.2. The fourth-order valence-corrected chi connectivity index (χ4v) is 8.67. The molecule has 5 rings (SSSR count). The van der Waals surface area contributed by atoms with Crippen molar-refractivity contribution in [1.29, 1.82) is 0 Å². The van der Waals surface area contributed by atoms with Crippen molar-refractivity contribution in [2.45, 2.75) is 114 Å². The number of thioether (sulfide) groups is 1. The number of fused-ring (bicyclic) bond motifs is 1. The molecule has 3 heterocycles. The third-order valence-electron chi connectivity index (χ3n) is 10.4.